The van der Waals surface area contributed by atoms with Crippen LogP contribution >= 0.6 is 0 Å². The van der Waals surface area contributed by atoms with E-state index in [-0.39, 0.29) is 27.8 Å². The smallest absolute Gasteiger partial charge is 0.261 e. The van der Waals surface area contributed by atoms with Gasteiger partial charge in [-0.1, -0.05) is 66.0 Å². The van der Waals surface area contributed by atoms with Crippen LogP contribution in [0.1, 0.15) is 4.11 Å². The van der Waals surface area contributed by atoms with Gasteiger partial charge in [-0.15, -0.1) is 30.3 Å². The Bertz CT molecular complexity index is 3480. The quantitative estimate of drug-likeness (QED) is 0.107. The summed E-state index contributed by atoms with van der Waals surface area (Å²) < 4.78 is 42.6. The molecular formula is C49H29BN6O2Pt-2. The number of aromatic nitrogens is 4. The van der Waals surface area contributed by atoms with Gasteiger partial charge in [-0.05, 0) is 64.9 Å². The van der Waals surface area contributed by atoms with Crippen molar-refractivity contribution in [1.82, 2.24) is 14.1 Å². The number of para-hydroxylation sites is 3. The molecule has 0 fully saturated rings. The molecule has 1 N–H and O–H groups in total. The summed E-state index contributed by atoms with van der Waals surface area (Å²) in [6.07, 6.45) is 4.82. The van der Waals surface area contributed by atoms with E-state index in [4.69, 9.17) is 18.6 Å². The van der Waals surface area contributed by atoms with Crippen molar-refractivity contribution in [2.24, 2.45) is 6.98 Å². The first-order chi connectivity index (χ1) is 29.9. The van der Waals surface area contributed by atoms with E-state index >= 15 is 0 Å². The first-order valence-corrected chi connectivity index (χ1v) is 19.1. The number of imidazole rings is 1. The van der Waals surface area contributed by atoms with Crippen molar-refractivity contribution in [3.8, 4) is 34.4 Å². The molecule has 0 saturated heterocycles. The molecule has 59 heavy (non-hydrogen) atoms. The second-order valence-corrected chi connectivity index (χ2v) is 14.7. The number of benzene rings is 7. The van der Waals surface area contributed by atoms with Crippen molar-refractivity contribution < 1.29 is 39.2 Å². The Hall–Kier alpha value is -7.09. The van der Waals surface area contributed by atoms with Gasteiger partial charge < -0.3 is 33.4 Å². The average Bonchev–Trinajstić information content (AvgIpc) is 3.84. The fraction of sp³-hybridized carbons (Fsp3) is 0.0204. The first kappa shape index (κ1) is 31.0. The SMILES string of the molecule is [2H]C([2H])([2H])[n+]1[c-]n(-c2[c-]c(Oc3[c-]c(-n4c5cc6c7c(c5c5cccnc54)Nc4cccc5c4B7c4c(cccc4N5c4ccccc4)O6)ccc3)ccc2)c2ccccc21.[Pt]. The summed E-state index contributed by atoms with van der Waals surface area (Å²) in [5.41, 5.74) is 13.1. The summed E-state index contributed by atoms with van der Waals surface area (Å²) >= 11 is 0. The van der Waals surface area contributed by atoms with Gasteiger partial charge in [0.2, 0.25) is 6.33 Å². The second-order valence-electron chi connectivity index (χ2n) is 14.7. The molecule has 3 aliphatic heterocycles. The molecule has 10 aromatic rings. The number of hydrogen-bond donors (Lipinski definition) is 1. The van der Waals surface area contributed by atoms with Gasteiger partial charge in [0.25, 0.3) is 6.71 Å². The standard InChI is InChI=1S/C49H29BN6O2.Pt/c1-53-29-54(38-21-6-5-20-37(38)53)31-14-7-16-33(26-31)57-34-17-8-15-32(27-34)56-41-28-43-47-48(44(41)35-18-11-25-51-49(35)56)52-36-19-9-22-39-45(36)50(47)46-40(23-10-24-42(46)58-43)55(39)30-12-3-2-4-13-30;/h2-25,28,52H,1H3;/q-2;/i1D3;. The third kappa shape index (κ3) is 4.82. The van der Waals surface area contributed by atoms with Crippen molar-refractivity contribution >= 4 is 84.5 Å². The third-order valence-corrected chi connectivity index (χ3v) is 11.6. The molecular weight excluding hydrogens is 910 g/mol. The Balaban J connectivity index is 0.00000410. The average molecular weight is 943 g/mol. The van der Waals surface area contributed by atoms with E-state index < -0.39 is 6.98 Å². The summed E-state index contributed by atoms with van der Waals surface area (Å²) in [4.78, 5) is 7.31. The Morgan fingerprint density at radius 2 is 1.49 bits per heavy atom. The molecule has 0 atom stereocenters. The maximum absolute atomic E-state index is 8.08. The molecule has 0 spiro atoms. The van der Waals surface area contributed by atoms with Crippen LogP contribution in [-0.2, 0) is 28.0 Å². The van der Waals surface area contributed by atoms with Crippen LogP contribution in [-0.4, -0.2) is 20.8 Å². The monoisotopic (exact) mass is 942 g/mol. The molecule has 7 aromatic carbocycles. The third-order valence-electron chi connectivity index (χ3n) is 11.6. The normalized spacial score (nSPS) is 13.9. The molecule has 10 heteroatoms. The summed E-state index contributed by atoms with van der Waals surface area (Å²) in [6.45, 7) is -2.45. The summed E-state index contributed by atoms with van der Waals surface area (Å²) in [6, 6.07) is 55.1. The van der Waals surface area contributed by atoms with E-state index in [0.29, 0.717) is 28.2 Å². The number of hydrogen-bond acceptors (Lipinski definition) is 5. The van der Waals surface area contributed by atoms with E-state index in [1.165, 1.54) is 10.0 Å². The Kier molecular flexibility index (Phi) is 6.67. The zero-order valence-electron chi connectivity index (χ0n) is 33.9. The molecule has 13 rings (SSSR count). The van der Waals surface area contributed by atoms with Crippen molar-refractivity contribution in [3.05, 3.63) is 170 Å². The van der Waals surface area contributed by atoms with Gasteiger partial charge in [0.05, 0.1) is 27.6 Å². The number of anilines is 5. The minimum absolute atomic E-state index is 0. The van der Waals surface area contributed by atoms with Crippen LogP contribution in [0.5, 0.6) is 23.0 Å². The number of rotatable bonds is 5. The maximum Gasteiger partial charge on any atom is 0.261 e. The fourth-order valence-electron chi connectivity index (χ4n) is 9.28. The van der Waals surface area contributed by atoms with Crippen LogP contribution in [0.3, 0.4) is 0 Å². The van der Waals surface area contributed by atoms with E-state index in [0.717, 1.165) is 78.5 Å². The van der Waals surface area contributed by atoms with Crippen LogP contribution in [0.25, 0.3) is 44.3 Å². The molecule has 0 bridgehead atoms. The number of aryl methyl sites for hydroxylation is 1. The predicted octanol–water partition coefficient (Wildman–Crippen LogP) is 8.60. The zero-order chi connectivity index (χ0) is 40.6. The zero-order valence-corrected chi connectivity index (χ0v) is 33.2. The molecule has 3 aliphatic rings. The molecule has 3 aromatic heterocycles. The molecule has 0 unspecified atom stereocenters. The van der Waals surface area contributed by atoms with Crippen molar-refractivity contribution in [3.63, 3.8) is 0 Å². The molecule has 282 valence electrons. The number of ether oxygens (including phenoxy) is 2. The number of nitrogens with one attached hydrogen (secondary N) is 1. The molecule has 0 aliphatic carbocycles. The van der Waals surface area contributed by atoms with Crippen LogP contribution in [0.4, 0.5) is 28.4 Å². The molecule has 0 amide bonds. The summed E-state index contributed by atoms with van der Waals surface area (Å²) in [5, 5.41) is 5.95. The minimum atomic E-state index is -2.41. The molecule has 0 radical (unpaired) electrons. The van der Waals surface area contributed by atoms with Crippen LogP contribution < -0.4 is 40.6 Å². The van der Waals surface area contributed by atoms with Gasteiger partial charge in [-0.25, -0.2) is 4.98 Å². The molecule has 6 heterocycles. The summed E-state index contributed by atoms with van der Waals surface area (Å²) in [5.74, 6) is 2.53. The van der Waals surface area contributed by atoms with Crippen LogP contribution in [0, 0.1) is 18.5 Å². The Morgan fingerprint density at radius 1 is 0.729 bits per heavy atom. The van der Waals surface area contributed by atoms with Gasteiger partial charge in [0.1, 0.15) is 17.1 Å². The Labute approximate surface area is 358 Å². The summed E-state index contributed by atoms with van der Waals surface area (Å²) in [7, 11) is 0. The first-order valence-electron chi connectivity index (χ1n) is 20.6. The number of pyridine rings is 1. The van der Waals surface area contributed by atoms with Crippen molar-refractivity contribution in [2.45, 2.75) is 0 Å². The van der Waals surface area contributed by atoms with E-state index in [2.05, 4.69) is 106 Å². The topological polar surface area (TPSA) is 60.4 Å². The minimum Gasteiger partial charge on any atom is -0.510 e. The van der Waals surface area contributed by atoms with Crippen molar-refractivity contribution in [2.75, 3.05) is 10.2 Å². The van der Waals surface area contributed by atoms with E-state index in [1.807, 2.05) is 72.9 Å². The second kappa shape index (κ2) is 12.7. The van der Waals surface area contributed by atoms with Crippen LogP contribution in [0.2, 0.25) is 0 Å². The number of nitrogens with zero attached hydrogens (tertiary/aromatic N) is 5. The van der Waals surface area contributed by atoms with E-state index in [9.17, 15) is 0 Å². The fourth-order valence-corrected chi connectivity index (χ4v) is 9.28. The molecule has 8 nitrogen and oxygen atoms in total. The van der Waals surface area contributed by atoms with E-state index in [1.54, 1.807) is 10.6 Å². The molecule has 0 saturated carbocycles. The van der Waals surface area contributed by atoms with Gasteiger partial charge in [0, 0.05) is 84.0 Å². The van der Waals surface area contributed by atoms with Gasteiger partial charge in [0.15, 0.2) is 0 Å². The van der Waals surface area contributed by atoms with Gasteiger partial charge in [-0.3, -0.25) is 0 Å². The Morgan fingerprint density at radius 3 is 2.36 bits per heavy atom. The predicted molar refractivity (Wildman–Crippen MR) is 229 cm³/mol. The number of fused-ring (bicyclic) bond motifs is 5. The largest absolute Gasteiger partial charge is 0.510 e. The van der Waals surface area contributed by atoms with Gasteiger partial charge >= 0.3 is 0 Å². The van der Waals surface area contributed by atoms with Crippen LogP contribution in [0.15, 0.2) is 152 Å². The van der Waals surface area contributed by atoms with Crippen molar-refractivity contribution in [1.29, 1.82) is 0 Å². The van der Waals surface area contributed by atoms with Gasteiger partial charge in [-0.2, -0.15) is 18.2 Å². The maximum atomic E-state index is 8.08.